The fraction of sp³-hybridized carbons (Fsp3) is 0.0833. The van der Waals surface area contributed by atoms with Crippen LogP contribution in [-0.4, -0.2) is 30.1 Å². The lowest BCUT2D eigenvalue weighted by molar-refractivity contribution is -0.616. The van der Waals surface area contributed by atoms with E-state index in [1.807, 2.05) is 0 Å². The zero-order valence-electron chi connectivity index (χ0n) is 11.9. The minimum atomic E-state index is -4.57. The standard InChI is InChI=1S/C12H9F3N5O3S/c1-23-11-17-5-8(15)10-19(9-6(13)3-2-4-7(9)14)12(18-20(10)11)24(16,21)22/h2-5H,1H3,(H2,16,21,22)/q+1. The molecule has 0 fully saturated rings. The van der Waals surface area contributed by atoms with Crippen molar-refractivity contribution in [1.82, 2.24) is 14.6 Å². The van der Waals surface area contributed by atoms with Gasteiger partial charge in [0.05, 0.1) is 18.4 Å². The number of primary sulfonamides is 1. The van der Waals surface area contributed by atoms with Gasteiger partial charge in [-0.15, -0.1) is 0 Å². The van der Waals surface area contributed by atoms with Crippen molar-refractivity contribution in [2.75, 3.05) is 7.11 Å². The molecule has 3 aromatic rings. The Morgan fingerprint density at radius 3 is 2.38 bits per heavy atom. The van der Waals surface area contributed by atoms with Gasteiger partial charge in [0, 0.05) is 0 Å². The van der Waals surface area contributed by atoms with E-state index in [4.69, 9.17) is 9.88 Å². The average Bonchev–Trinajstić information content (AvgIpc) is 2.89. The number of nitrogens with two attached hydrogens (primary N) is 1. The second kappa shape index (κ2) is 5.42. The van der Waals surface area contributed by atoms with E-state index in [0.29, 0.717) is 15.3 Å². The highest BCUT2D eigenvalue weighted by Gasteiger charge is 2.37. The molecule has 24 heavy (non-hydrogen) atoms. The third-order valence-corrected chi connectivity index (χ3v) is 3.84. The molecule has 0 unspecified atom stereocenters. The Balaban J connectivity index is 2.59. The third-order valence-electron chi connectivity index (χ3n) is 3.07. The fourth-order valence-corrected chi connectivity index (χ4v) is 2.78. The number of hydrogen-bond acceptors (Lipinski definition) is 5. The minimum Gasteiger partial charge on any atom is -0.454 e. The van der Waals surface area contributed by atoms with E-state index in [1.54, 1.807) is 0 Å². The van der Waals surface area contributed by atoms with Crippen LogP contribution in [0.2, 0.25) is 0 Å². The summed E-state index contributed by atoms with van der Waals surface area (Å²) in [6.45, 7) is 0. The first kappa shape index (κ1) is 16.1. The summed E-state index contributed by atoms with van der Waals surface area (Å²) in [7, 11) is -3.40. The molecule has 0 aliphatic rings. The van der Waals surface area contributed by atoms with Crippen LogP contribution in [0.3, 0.4) is 0 Å². The van der Waals surface area contributed by atoms with Crippen LogP contribution in [-0.2, 0) is 10.0 Å². The zero-order chi connectivity index (χ0) is 17.6. The highest BCUT2D eigenvalue weighted by atomic mass is 32.2. The van der Waals surface area contributed by atoms with Gasteiger partial charge in [-0.05, 0) is 16.6 Å². The maximum Gasteiger partial charge on any atom is 0.414 e. The van der Waals surface area contributed by atoms with Crippen molar-refractivity contribution in [2.24, 2.45) is 5.14 Å². The Kier molecular flexibility index (Phi) is 3.64. The number of benzene rings is 1. The second-order valence-corrected chi connectivity index (χ2v) is 6.02. The summed E-state index contributed by atoms with van der Waals surface area (Å²) < 4.78 is 71.9. The van der Waals surface area contributed by atoms with Crippen LogP contribution in [0.5, 0.6) is 6.01 Å². The van der Waals surface area contributed by atoms with Gasteiger partial charge in [-0.3, -0.25) is 0 Å². The molecule has 0 atom stereocenters. The van der Waals surface area contributed by atoms with Crippen molar-refractivity contribution < 1.29 is 30.9 Å². The highest BCUT2D eigenvalue weighted by molar-refractivity contribution is 7.88. The lowest BCUT2D eigenvalue weighted by Crippen LogP contribution is -2.40. The summed E-state index contributed by atoms with van der Waals surface area (Å²) in [6.07, 6.45) is 0.692. The molecule has 3 rings (SSSR count). The number of fused-ring (bicyclic) bond motifs is 1. The summed E-state index contributed by atoms with van der Waals surface area (Å²) in [5.41, 5.74) is -1.47. The summed E-state index contributed by atoms with van der Waals surface area (Å²) in [4.78, 5) is 3.57. The number of ether oxygens (including phenoxy) is 1. The SMILES string of the molecule is COc1ncc(F)c2n1nc(S(N)(=O)=O)[n+]2-c1c(F)cccc1F. The third kappa shape index (κ3) is 2.35. The monoisotopic (exact) mass is 360 g/mol. The number of aromatic nitrogens is 4. The summed E-state index contributed by atoms with van der Waals surface area (Å²) in [5.74, 6) is -3.38. The van der Waals surface area contributed by atoms with E-state index in [9.17, 15) is 21.6 Å². The van der Waals surface area contributed by atoms with E-state index < -0.39 is 44.0 Å². The molecular formula is C12H9F3N5O3S+. The molecule has 0 aliphatic carbocycles. The Labute approximate surface area is 133 Å². The van der Waals surface area contributed by atoms with Gasteiger partial charge in [-0.25, -0.2) is 22.3 Å². The van der Waals surface area contributed by atoms with Gasteiger partial charge in [0.2, 0.25) is 5.82 Å². The maximum atomic E-state index is 14.2. The van der Waals surface area contributed by atoms with E-state index >= 15 is 0 Å². The van der Waals surface area contributed by atoms with E-state index in [1.165, 1.54) is 7.11 Å². The van der Waals surface area contributed by atoms with Crippen molar-refractivity contribution in [3.05, 3.63) is 41.8 Å². The molecule has 0 amide bonds. The molecule has 0 spiro atoms. The summed E-state index contributed by atoms with van der Waals surface area (Å²) >= 11 is 0. The topological polar surface area (TPSA) is 103 Å². The van der Waals surface area contributed by atoms with Crippen molar-refractivity contribution in [2.45, 2.75) is 5.16 Å². The number of rotatable bonds is 3. The van der Waals surface area contributed by atoms with Crippen LogP contribution in [0, 0.1) is 17.5 Å². The molecule has 2 N–H and O–H groups in total. The molecule has 126 valence electrons. The first-order valence-electron chi connectivity index (χ1n) is 6.26. The van der Waals surface area contributed by atoms with Crippen LogP contribution >= 0.6 is 0 Å². The number of para-hydroxylation sites is 1. The van der Waals surface area contributed by atoms with Crippen LogP contribution in [0.25, 0.3) is 11.3 Å². The predicted octanol–water partition coefficient (Wildman–Crippen LogP) is 0.0793. The van der Waals surface area contributed by atoms with Crippen LogP contribution in [0.1, 0.15) is 0 Å². The van der Waals surface area contributed by atoms with Gasteiger partial charge in [0.25, 0.3) is 0 Å². The molecule has 8 nitrogen and oxygen atoms in total. The second-order valence-electron chi connectivity index (χ2n) is 4.56. The van der Waals surface area contributed by atoms with Crippen LogP contribution in [0.4, 0.5) is 13.2 Å². The Hall–Kier alpha value is -2.73. The highest BCUT2D eigenvalue weighted by Crippen LogP contribution is 2.19. The van der Waals surface area contributed by atoms with Crippen LogP contribution < -0.4 is 14.4 Å². The number of sulfonamides is 1. The van der Waals surface area contributed by atoms with Gasteiger partial charge in [-0.1, -0.05) is 6.07 Å². The Morgan fingerprint density at radius 2 is 1.83 bits per heavy atom. The molecule has 12 heteroatoms. The van der Waals surface area contributed by atoms with Gasteiger partial charge < -0.3 is 4.74 Å². The van der Waals surface area contributed by atoms with Crippen molar-refractivity contribution in [3.63, 3.8) is 0 Å². The Morgan fingerprint density at radius 1 is 1.21 bits per heavy atom. The lowest BCUT2D eigenvalue weighted by Gasteiger charge is -2.04. The normalized spacial score (nSPS) is 11.9. The van der Waals surface area contributed by atoms with Crippen LogP contribution in [0.15, 0.2) is 29.6 Å². The van der Waals surface area contributed by atoms with Crippen molar-refractivity contribution in [1.29, 1.82) is 0 Å². The smallest absolute Gasteiger partial charge is 0.414 e. The van der Waals surface area contributed by atoms with Gasteiger partial charge in [0.1, 0.15) is 0 Å². The summed E-state index contributed by atoms with van der Waals surface area (Å²) in [6, 6.07) is 2.50. The number of nitrogens with zero attached hydrogens (tertiary/aromatic N) is 4. The summed E-state index contributed by atoms with van der Waals surface area (Å²) in [5, 5.41) is 7.64. The molecule has 2 aromatic heterocycles. The fourth-order valence-electron chi connectivity index (χ4n) is 2.16. The van der Waals surface area contributed by atoms with Gasteiger partial charge in [-0.2, -0.15) is 13.9 Å². The quantitative estimate of drug-likeness (QED) is 0.666. The molecule has 2 heterocycles. The Bertz CT molecular complexity index is 1050. The van der Waals surface area contributed by atoms with E-state index in [2.05, 4.69) is 10.1 Å². The molecule has 0 radical (unpaired) electrons. The molecule has 0 saturated heterocycles. The molecule has 0 aliphatic heterocycles. The molecule has 1 aromatic carbocycles. The first-order valence-corrected chi connectivity index (χ1v) is 7.80. The lowest BCUT2D eigenvalue weighted by atomic mass is 10.3. The van der Waals surface area contributed by atoms with Gasteiger partial charge >= 0.3 is 26.8 Å². The maximum absolute atomic E-state index is 14.2. The van der Waals surface area contributed by atoms with Crippen molar-refractivity contribution >= 4 is 15.7 Å². The predicted molar refractivity (Wildman–Crippen MR) is 72.3 cm³/mol. The zero-order valence-corrected chi connectivity index (χ0v) is 12.8. The van der Waals surface area contributed by atoms with E-state index in [-0.39, 0.29) is 6.01 Å². The van der Waals surface area contributed by atoms with Crippen molar-refractivity contribution in [3.8, 4) is 11.7 Å². The average molecular weight is 360 g/mol. The number of hydrogen-bond donors (Lipinski definition) is 1. The van der Waals surface area contributed by atoms with E-state index in [0.717, 1.165) is 18.2 Å². The number of methoxy groups -OCH3 is 1. The number of halogens is 3. The molecule has 0 bridgehead atoms. The molecule has 0 saturated carbocycles. The molecular weight excluding hydrogens is 351 g/mol. The van der Waals surface area contributed by atoms with Gasteiger partial charge in [0.15, 0.2) is 17.3 Å². The first-order chi connectivity index (χ1) is 11.3. The minimum absolute atomic E-state index is 0.313. The largest absolute Gasteiger partial charge is 0.454 e.